The number of amides is 2. The molecule has 8 heteroatoms. The van der Waals surface area contributed by atoms with Crippen molar-refractivity contribution >= 4 is 41.8 Å². The molecule has 0 radical (unpaired) electrons. The Kier molecular flexibility index (Phi) is 8.17. The highest BCUT2D eigenvalue weighted by atomic mass is 127. The van der Waals surface area contributed by atoms with Crippen molar-refractivity contribution < 1.29 is 9.59 Å². The quantitative estimate of drug-likeness (QED) is 0.113. The van der Waals surface area contributed by atoms with Gasteiger partial charge in [-0.1, -0.05) is 19.1 Å². The fraction of sp³-hybridized carbons (Fsp3) is 0.773. The number of nitrogens with one attached hydrogen (secondary N) is 2. The van der Waals surface area contributed by atoms with E-state index in [0.29, 0.717) is 19.5 Å². The molecule has 168 valence electrons. The van der Waals surface area contributed by atoms with E-state index >= 15 is 0 Å². The molecule has 1 aliphatic heterocycles. The molecule has 2 saturated carbocycles. The number of likely N-dealkylation sites (N-methyl/N-ethyl adjacent to an activating group) is 1. The number of allylic oxidation sites excluding steroid dienone is 2. The SMILES string of the molecule is CCNC(=NCCCN1C(=O)C2C3C=CC(C3)C2C1=O)NCCN(CC)C1CC1.I. The van der Waals surface area contributed by atoms with Crippen LogP contribution in [0.25, 0.3) is 0 Å². The number of hydrogen-bond acceptors (Lipinski definition) is 4. The van der Waals surface area contributed by atoms with Gasteiger partial charge in [0, 0.05) is 38.8 Å². The first kappa shape index (κ1) is 23.5. The minimum atomic E-state index is -0.0898. The zero-order valence-corrected chi connectivity index (χ0v) is 20.5. The Hall–Kier alpha value is -1.16. The molecule has 0 aromatic carbocycles. The molecule has 4 rings (SSSR count). The highest BCUT2D eigenvalue weighted by Gasteiger charge is 2.58. The van der Waals surface area contributed by atoms with Gasteiger partial charge in [0.15, 0.2) is 5.96 Å². The molecule has 4 aliphatic rings. The summed E-state index contributed by atoms with van der Waals surface area (Å²) in [4.78, 5) is 34.1. The van der Waals surface area contributed by atoms with Crippen LogP contribution in [0.15, 0.2) is 17.1 Å². The summed E-state index contributed by atoms with van der Waals surface area (Å²) in [5.41, 5.74) is 0. The van der Waals surface area contributed by atoms with E-state index in [9.17, 15) is 9.59 Å². The molecule has 0 spiro atoms. The second kappa shape index (κ2) is 10.4. The van der Waals surface area contributed by atoms with Crippen LogP contribution >= 0.6 is 24.0 Å². The van der Waals surface area contributed by atoms with Gasteiger partial charge in [0.2, 0.25) is 11.8 Å². The molecule has 4 atom stereocenters. The highest BCUT2D eigenvalue weighted by molar-refractivity contribution is 14.0. The molecule has 1 saturated heterocycles. The Balaban J connectivity index is 0.00000256. The molecule has 3 fully saturated rings. The molecule has 2 bridgehead atoms. The third-order valence-corrected chi connectivity index (χ3v) is 6.88. The molecular weight excluding hydrogens is 493 g/mol. The summed E-state index contributed by atoms with van der Waals surface area (Å²) in [7, 11) is 0. The number of hydrogen-bond donors (Lipinski definition) is 2. The first-order valence-corrected chi connectivity index (χ1v) is 11.4. The number of carbonyl (C=O) groups excluding carboxylic acids is 2. The maximum atomic E-state index is 12.7. The predicted octanol–water partition coefficient (Wildman–Crippen LogP) is 1.84. The maximum absolute atomic E-state index is 12.7. The first-order chi connectivity index (χ1) is 14.1. The van der Waals surface area contributed by atoms with E-state index in [1.54, 1.807) is 0 Å². The number of nitrogens with zero attached hydrogens (tertiary/aromatic N) is 3. The maximum Gasteiger partial charge on any atom is 0.233 e. The number of carbonyl (C=O) groups is 2. The average Bonchev–Trinajstić information content (AvgIpc) is 3.26. The second-order valence-corrected chi connectivity index (χ2v) is 8.73. The van der Waals surface area contributed by atoms with Gasteiger partial charge in [-0.05, 0) is 51.0 Å². The van der Waals surface area contributed by atoms with Crippen molar-refractivity contribution in [2.75, 3.05) is 39.3 Å². The number of rotatable bonds is 10. The normalized spacial score (nSPS) is 29.6. The zero-order chi connectivity index (χ0) is 20.4. The summed E-state index contributed by atoms with van der Waals surface area (Å²) in [5, 5.41) is 6.69. The van der Waals surface area contributed by atoms with Crippen molar-refractivity contribution in [2.24, 2.45) is 28.7 Å². The highest BCUT2D eigenvalue weighted by Crippen LogP contribution is 2.52. The van der Waals surface area contributed by atoms with E-state index in [-0.39, 0.29) is 59.5 Å². The van der Waals surface area contributed by atoms with E-state index in [0.717, 1.165) is 44.6 Å². The van der Waals surface area contributed by atoms with Crippen LogP contribution in [-0.2, 0) is 9.59 Å². The molecule has 7 nitrogen and oxygen atoms in total. The molecular formula is C22H36IN5O2. The van der Waals surface area contributed by atoms with Crippen LogP contribution in [0, 0.1) is 23.7 Å². The van der Waals surface area contributed by atoms with Gasteiger partial charge < -0.3 is 10.6 Å². The minimum Gasteiger partial charge on any atom is -0.357 e. The summed E-state index contributed by atoms with van der Waals surface area (Å²) < 4.78 is 0. The fourth-order valence-electron chi connectivity index (χ4n) is 5.30. The van der Waals surface area contributed by atoms with Crippen molar-refractivity contribution in [3.8, 4) is 0 Å². The van der Waals surface area contributed by atoms with Crippen LogP contribution in [0.1, 0.15) is 39.5 Å². The third-order valence-electron chi connectivity index (χ3n) is 6.88. The van der Waals surface area contributed by atoms with E-state index in [1.807, 2.05) is 0 Å². The van der Waals surface area contributed by atoms with Gasteiger partial charge >= 0.3 is 0 Å². The van der Waals surface area contributed by atoms with Gasteiger partial charge in [-0.25, -0.2) is 0 Å². The lowest BCUT2D eigenvalue weighted by Gasteiger charge is -2.21. The molecule has 4 unspecified atom stereocenters. The number of halogens is 1. The zero-order valence-electron chi connectivity index (χ0n) is 18.2. The van der Waals surface area contributed by atoms with Crippen molar-refractivity contribution in [1.82, 2.24) is 20.4 Å². The third kappa shape index (κ3) is 4.84. The topological polar surface area (TPSA) is 77.0 Å². The Morgan fingerprint density at radius 2 is 1.80 bits per heavy atom. The van der Waals surface area contributed by atoms with Crippen molar-refractivity contribution in [2.45, 2.75) is 45.6 Å². The van der Waals surface area contributed by atoms with Crippen LogP contribution in [-0.4, -0.2) is 72.9 Å². The van der Waals surface area contributed by atoms with Crippen LogP contribution in [0.2, 0.25) is 0 Å². The molecule has 0 aromatic heterocycles. The summed E-state index contributed by atoms with van der Waals surface area (Å²) in [6.07, 6.45) is 8.63. The van der Waals surface area contributed by atoms with E-state index in [4.69, 9.17) is 0 Å². The van der Waals surface area contributed by atoms with E-state index in [2.05, 4.69) is 46.5 Å². The van der Waals surface area contributed by atoms with Gasteiger partial charge in [-0.3, -0.25) is 24.4 Å². The molecule has 30 heavy (non-hydrogen) atoms. The molecule has 3 aliphatic carbocycles. The number of guanidine groups is 1. The van der Waals surface area contributed by atoms with E-state index < -0.39 is 0 Å². The Morgan fingerprint density at radius 3 is 2.37 bits per heavy atom. The first-order valence-electron chi connectivity index (χ1n) is 11.4. The van der Waals surface area contributed by atoms with Crippen LogP contribution in [0.4, 0.5) is 0 Å². The smallest absolute Gasteiger partial charge is 0.233 e. The number of fused-ring (bicyclic) bond motifs is 5. The van der Waals surface area contributed by atoms with Gasteiger partial charge in [0.1, 0.15) is 0 Å². The van der Waals surface area contributed by atoms with E-state index in [1.165, 1.54) is 17.7 Å². The number of imide groups is 1. The van der Waals surface area contributed by atoms with Gasteiger partial charge in [0.05, 0.1) is 11.8 Å². The lowest BCUT2D eigenvalue weighted by molar-refractivity contribution is -0.140. The summed E-state index contributed by atoms with van der Waals surface area (Å²) in [6.45, 7) is 9.17. The van der Waals surface area contributed by atoms with Gasteiger partial charge in [-0.2, -0.15) is 0 Å². The Morgan fingerprint density at radius 1 is 1.13 bits per heavy atom. The number of likely N-dealkylation sites (tertiary alicyclic amines) is 1. The monoisotopic (exact) mass is 529 g/mol. The molecule has 2 N–H and O–H groups in total. The average molecular weight is 529 g/mol. The predicted molar refractivity (Wildman–Crippen MR) is 129 cm³/mol. The summed E-state index contributed by atoms with van der Waals surface area (Å²) in [6, 6.07) is 0.779. The lowest BCUT2D eigenvalue weighted by atomic mass is 9.85. The molecule has 2 amide bonds. The van der Waals surface area contributed by atoms with Crippen molar-refractivity contribution in [3.05, 3.63) is 12.2 Å². The Labute approximate surface area is 197 Å². The summed E-state index contributed by atoms with van der Waals surface area (Å²) >= 11 is 0. The van der Waals surface area contributed by atoms with Crippen LogP contribution in [0.3, 0.4) is 0 Å². The second-order valence-electron chi connectivity index (χ2n) is 8.73. The van der Waals surface area contributed by atoms with Crippen LogP contribution in [0.5, 0.6) is 0 Å². The Bertz CT molecular complexity index is 663. The molecule has 1 heterocycles. The van der Waals surface area contributed by atoms with Crippen molar-refractivity contribution in [1.29, 1.82) is 0 Å². The van der Waals surface area contributed by atoms with Gasteiger partial charge in [0.25, 0.3) is 0 Å². The lowest BCUT2D eigenvalue weighted by Crippen LogP contribution is -2.42. The largest absolute Gasteiger partial charge is 0.357 e. The van der Waals surface area contributed by atoms with Crippen LogP contribution < -0.4 is 10.6 Å². The molecule has 0 aromatic rings. The standard InChI is InChI=1S/C22H35N5O2.HI/c1-3-23-22(25-11-13-26(4-2)17-8-9-17)24-10-5-12-27-20(28)18-15-6-7-16(14-15)19(18)21(27)29;/h6-7,15-19H,3-5,8-14H2,1-2H3,(H2,23,24,25);1H. The number of aliphatic imine (C=N–C) groups is 1. The fourth-order valence-corrected chi connectivity index (χ4v) is 5.30. The minimum absolute atomic E-state index is 0. The summed E-state index contributed by atoms with van der Waals surface area (Å²) in [5.74, 6) is 1.30. The van der Waals surface area contributed by atoms with Gasteiger partial charge in [-0.15, -0.1) is 24.0 Å². The van der Waals surface area contributed by atoms with Crippen molar-refractivity contribution in [3.63, 3.8) is 0 Å².